The minimum atomic E-state index is -0.862. The van der Waals surface area contributed by atoms with E-state index >= 15 is 0 Å². The Kier molecular flexibility index (Phi) is 6.06. The number of carbonyl (C=O) groups is 2. The minimum Gasteiger partial charge on any atom is -0.489 e. The second-order valence-corrected chi connectivity index (χ2v) is 8.17. The smallest absolute Gasteiger partial charge is 0.272 e. The zero-order valence-electron chi connectivity index (χ0n) is 18.5. The molecule has 0 aliphatic carbocycles. The molecule has 0 unspecified atom stereocenters. The number of rotatable bonds is 4. The molecule has 2 N–H and O–H groups in total. The van der Waals surface area contributed by atoms with Crippen molar-refractivity contribution in [3.05, 3.63) is 65.0 Å². The Balaban J connectivity index is 0.00000274. The molecule has 10 heteroatoms. The molecule has 2 aromatic carbocycles. The Morgan fingerprint density at radius 3 is 2.59 bits per heavy atom. The van der Waals surface area contributed by atoms with Crippen LogP contribution in [0, 0.1) is 6.92 Å². The Morgan fingerprint density at radius 1 is 1.15 bits per heavy atom. The highest BCUT2D eigenvalue weighted by Crippen LogP contribution is 2.33. The summed E-state index contributed by atoms with van der Waals surface area (Å²) in [5.41, 5.74) is 5.28. The molecule has 1 atom stereocenters. The summed E-state index contributed by atoms with van der Waals surface area (Å²) in [7, 11) is 3.44. The van der Waals surface area contributed by atoms with Gasteiger partial charge in [-0.05, 0) is 24.6 Å². The molecule has 34 heavy (non-hydrogen) atoms. The molecule has 0 bridgehead atoms. The molecule has 0 spiro atoms. The summed E-state index contributed by atoms with van der Waals surface area (Å²) in [6.07, 6.45) is 0.649. The average molecular weight is 462 g/mol. The number of hydrogen-bond acceptors (Lipinski definition) is 6. The highest BCUT2D eigenvalue weighted by Gasteiger charge is 2.32. The van der Waals surface area contributed by atoms with Gasteiger partial charge in [0.05, 0.1) is 5.69 Å². The average Bonchev–Trinajstić information content (AvgIpc) is 3.39. The van der Waals surface area contributed by atoms with Gasteiger partial charge >= 0.3 is 0 Å². The van der Waals surface area contributed by atoms with E-state index in [-0.39, 0.29) is 25.6 Å². The molecule has 2 amide bonds. The highest BCUT2D eigenvalue weighted by molar-refractivity contribution is 6.04. The number of nitrogens with zero attached hydrogens (tertiary/aromatic N) is 5. The second-order valence-electron chi connectivity index (χ2n) is 8.17. The van der Waals surface area contributed by atoms with Crippen LogP contribution in [-0.2, 0) is 18.3 Å². The Bertz CT molecular complexity index is 1360. The fourth-order valence-electron chi connectivity index (χ4n) is 3.87. The number of anilines is 1. The third-order valence-electron chi connectivity index (χ3n) is 5.81. The van der Waals surface area contributed by atoms with Crippen molar-refractivity contribution in [1.29, 1.82) is 0 Å². The quantitative estimate of drug-likeness (QED) is 0.482. The zero-order valence-corrected chi connectivity index (χ0v) is 18.5. The van der Waals surface area contributed by atoms with E-state index in [4.69, 9.17) is 4.74 Å². The molecule has 0 radical (unpaired) electrons. The molecular formula is C24H27N7O3. The van der Waals surface area contributed by atoms with Crippen molar-refractivity contribution < 1.29 is 14.3 Å². The molecule has 0 saturated heterocycles. The lowest BCUT2D eigenvalue weighted by Crippen LogP contribution is -2.49. The van der Waals surface area contributed by atoms with Crippen LogP contribution >= 0.6 is 0 Å². The Labute approximate surface area is 196 Å². The van der Waals surface area contributed by atoms with E-state index in [0.717, 1.165) is 11.3 Å². The van der Waals surface area contributed by atoms with Gasteiger partial charge in [0.15, 0.2) is 0 Å². The first kappa shape index (κ1) is 23.0. The van der Waals surface area contributed by atoms with Crippen LogP contribution in [0.4, 0.5) is 5.69 Å². The van der Waals surface area contributed by atoms with Gasteiger partial charge in [0.25, 0.3) is 11.8 Å². The SMILES string of the molecule is C.Cc1ccc(Cc2cc(C(=O)N[C@H]3COc4cc5n[nH]nc5cc4N(C)C3=O)nn2C)cc1. The third-order valence-corrected chi connectivity index (χ3v) is 5.81. The third kappa shape index (κ3) is 4.21. The van der Waals surface area contributed by atoms with Crippen molar-refractivity contribution in [3.8, 4) is 5.75 Å². The fourth-order valence-corrected chi connectivity index (χ4v) is 3.87. The van der Waals surface area contributed by atoms with E-state index in [1.54, 1.807) is 37.0 Å². The van der Waals surface area contributed by atoms with Gasteiger partial charge in [0.1, 0.15) is 35.1 Å². The van der Waals surface area contributed by atoms with Crippen LogP contribution in [-0.4, -0.2) is 56.7 Å². The number of aromatic nitrogens is 5. The van der Waals surface area contributed by atoms with Gasteiger partial charge in [-0.15, -0.1) is 0 Å². The summed E-state index contributed by atoms with van der Waals surface area (Å²) in [6.45, 7) is 2.04. The van der Waals surface area contributed by atoms with Gasteiger partial charge in [-0.2, -0.15) is 20.5 Å². The molecule has 4 aromatic rings. The fraction of sp³-hybridized carbons (Fsp3) is 0.292. The number of benzene rings is 2. The lowest BCUT2D eigenvalue weighted by Gasteiger charge is -2.20. The van der Waals surface area contributed by atoms with Crippen molar-refractivity contribution in [1.82, 2.24) is 30.5 Å². The lowest BCUT2D eigenvalue weighted by molar-refractivity contribution is -0.120. The second kappa shape index (κ2) is 8.97. The number of ether oxygens (including phenoxy) is 1. The molecule has 10 nitrogen and oxygen atoms in total. The first-order chi connectivity index (χ1) is 15.9. The van der Waals surface area contributed by atoms with Crippen molar-refractivity contribution in [3.63, 3.8) is 0 Å². The summed E-state index contributed by atoms with van der Waals surface area (Å²) in [5, 5.41) is 17.8. The maximum atomic E-state index is 13.1. The number of aryl methyl sites for hydroxylation is 2. The van der Waals surface area contributed by atoms with Gasteiger partial charge in [0.2, 0.25) is 0 Å². The minimum absolute atomic E-state index is 0. The molecule has 0 saturated carbocycles. The molecule has 176 valence electrons. The summed E-state index contributed by atoms with van der Waals surface area (Å²) in [6, 6.07) is 12.6. The molecule has 1 aliphatic heterocycles. The zero-order chi connectivity index (χ0) is 23.1. The number of nitrogens with one attached hydrogen (secondary N) is 2. The number of H-pyrrole nitrogens is 1. The molecule has 1 aliphatic rings. The summed E-state index contributed by atoms with van der Waals surface area (Å²) in [4.78, 5) is 27.4. The monoisotopic (exact) mass is 461 g/mol. The maximum absolute atomic E-state index is 13.1. The number of amides is 2. The first-order valence-electron chi connectivity index (χ1n) is 10.5. The molecule has 5 rings (SSSR count). The van der Waals surface area contributed by atoms with Crippen LogP contribution in [0.25, 0.3) is 11.0 Å². The normalized spacial score (nSPS) is 15.3. The van der Waals surface area contributed by atoms with E-state index in [0.29, 0.717) is 28.9 Å². The lowest BCUT2D eigenvalue weighted by atomic mass is 10.1. The highest BCUT2D eigenvalue weighted by atomic mass is 16.5. The van der Waals surface area contributed by atoms with Crippen LogP contribution < -0.4 is 15.0 Å². The van der Waals surface area contributed by atoms with Crippen LogP contribution in [0.1, 0.15) is 34.7 Å². The predicted molar refractivity (Wildman–Crippen MR) is 128 cm³/mol. The van der Waals surface area contributed by atoms with Gasteiger partial charge < -0.3 is 15.0 Å². The Hall–Kier alpha value is -4.21. The number of likely N-dealkylation sites (N-methyl/N-ethyl adjacent to an activating group) is 1. The topological polar surface area (TPSA) is 118 Å². The molecule has 3 heterocycles. The van der Waals surface area contributed by atoms with Crippen molar-refractivity contribution in [2.45, 2.75) is 26.8 Å². The standard InChI is InChI=1S/C23H23N7O3.CH4/c1-13-4-6-14(7-5-13)8-15-9-18(27-30(15)3)22(31)24-19-12-33-21-11-17-16(25-28-26-17)10-20(21)29(2)23(19)32;/h4-7,9-11,19H,8,12H2,1-3H3,(H,24,31)(H,25,26,28);1H4/t19-;/m0./s1. The largest absolute Gasteiger partial charge is 0.489 e. The summed E-state index contributed by atoms with van der Waals surface area (Å²) >= 11 is 0. The number of carbonyl (C=O) groups excluding carboxylic acids is 2. The van der Waals surface area contributed by atoms with E-state index < -0.39 is 11.9 Å². The summed E-state index contributed by atoms with van der Waals surface area (Å²) < 4.78 is 7.53. The molecule has 0 fully saturated rings. The van der Waals surface area contributed by atoms with Crippen molar-refractivity contribution in [2.24, 2.45) is 7.05 Å². The van der Waals surface area contributed by atoms with Gasteiger partial charge in [-0.25, -0.2) is 0 Å². The van der Waals surface area contributed by atoms with Gasteiger partial charge in [0, 0.05) is 32.3 Å². The van der Waals surface area contributed by atoms with Crippen LogP contribution in [0.3, 0.4) is 0 Å². The van der Waals surface area contributed by atoms with E-state index in [9.17, 15) is 9.59 Å². The number of fused-ring (bicyclic) bond motifs is 2. The van der Waals surface area contributed by atoms with Crippen LogP contribution in [0.15, 0.2) is 42.5 Å². The van der Waals surface area contributed by atoms with E-state index in [2.05, 4.69) is 50.1 Å². The van der Waals surface area contributed by atoms with E-state index in [1.165, 1.54) is 10.5 Å². The van der Waals surface area contributed by atoms with Crippen LogP contribution in [0.2, 0.25) is 0 Å². The maximum Gasteiger partial charge on any atom is 0.272 e. The number of aromatic amines is 1. The molecular weight excluding hydrogens is 434 g/mol. The number of hydrogen-bond donors (Lipinski definition) is 2. The summed E-state index contributed by atoms with van der Waals surface area (Å²) in [5.74, 6) is -0.221. The molecule has 2 aromatic heterocycles. The van der Waals surface area contributed by atoms with E-state index in [1.807, 2.05) is 6.92 Å². The van der Waals surface area contributed by atoms with Gasteiger partial charge in [-0.1, -0.05) is 37.3 Å². The van der Waals surface area contributed by atoms with Gasteiger partial charge in [-0.3, -0.25) is 14.3 Å². The predicted octanol–water partition coefficient (Wildman–Crippen LogP) is 2.38. The Morgan fingerprint density at radius 2 is 1.85 bits per heavy atom. The van der Waals surface area contributed by atoms with Crippen molar-refractivity contribution in [2.75, 3.05) is 18.6 Å². The van der Waals surface area contributed by atoms with Crippen LogP contribution in [0.5, 0.6) is 5.75 Å². The first-order valence-corrected chi connectivity index (χ1v) is 10.5. The van der Waals surface area contributed by atoms with Crippen molar-refractivity contribution >= 4 is 28.5 Å².